The molecule has 2 unspecified atom stereocenters. The topological polar surface area (TPSA) is 75.4 Å². The Balaban J connectivity index is 0.00000400. The number of halogens is 1. The largest absolute Gasteiger partial charge is 0.345 e. The summed E-state index contributed by atoms with van der Waals surface area (Å²) in [6.07, 6.45) is 0. The van der Waals surface area contributed by atoms with E-state index in [9.17, 15) is 9.59 Å². The van der Waals surface area contributed by atoms with Gasteiger partial charge in [0.1, 0.15) is 0 Å². The predicted molar refractivity (Wildman–Crippen MR) is 87.9 cm³/mol. The summed E-state index contributed by atoms with van der Waals surface area (Å²) in [7, 11) is 3.40. The summed E-state index contributed by atoms with van der Waals surface area (Å²) in [6, 6.07) is 5.09. The van der Waals surface area contributed by atoms with E-state index in [-0.39, 0.29) is 36.2 Å². The van der Waals surface area contributed by atoms with Gasteiger partial charge in [-0.05, 0) is 31.5 Å². The normalized spacial score (nSPS) is 12.9. The minimum Gasteiger partial charge on any atom is -0.345 e. The number of nitrogens with two attached hydrogens (primary N) is 1. The van der Waals surface area contributed by atoms with Crippen LogP contribution in [0.15, 0.2) is 18.2 Å². The van der Waals surface area contributed by atoms with Crippen molar-refractivity contribution in [3.63, 3.8) is 0 Å². The Labute approximate surface area is 132 Å². The minimum atomic E-state index is -0.288. The van der Waals surface area contributed by atoms with E-state index in [1.807, 2.05) is 13.0 Å². The fourth-order valence-corrected chi connectivity index (χ4v) is 1.67. The third-order valence-corrected chi connectivity index (χ3v) is 3.34. The lowest BCUT2D eigenvalue weighted by Crippen LogP contribution is -2.34. The van der Waals surface area contributed by atoms with Crippen molar-refractivity contribution in [3.05, 3.63) is 29.3 Å². The van der Waals surface area contributed by atoms with Crippen LogP contribution in [-0.2, 0) is 4.79 Å². The molecule has 0 bridgehead atoms. The number of anilines is 1. The summed E-state index contributed by atoms with van der Waals surface area (Å²) in [5.41, 5.74) is 7.78. The van der Waals surface area contributed by atoms with Gasteiger partial charge in [0.05, 0.1) is 5.92 Å². The van der Waals surface area contributed by atoms with Gasteiger partial charge in [-0.15, -0.1) is 12.4 Å². The van der Waals surface area contributed by atoms with Crippen LogP contribution in [-0.4, -0.2) is 36.9 Å². The highest BCUT2D eigenvalue weighted by Crippen LogP contribution is 2.17. The monoisotopic (exact) mass is 313 g/mol. The van der Waals surface area contributed by atoms with Crippen LogP contribution in [0, 0.1) is 12.8 Å². The van der Waals surface area contributed by atoms with Crippen molar-refractivity contribution in [2.75, 3.05) is 19.4 Å². The number of hydrogen-bond donors (Lipinski definition) is 2. The first kappa shape index (κ1) is 19.4. The molecule has 0 aromatic heterocycles. The fraction of sp³-hybridized carbons (Fsp3) is 0.467. The Morgan fingerprint density at radius 2 is 1.81 bits per heavy atom. The maximum atomic E-state index is 12.0. The first-order valence-electron chi connectivity index (χ1n) is 6.62. The molecular formula is C15H24ClN3O2. The number of benzene rings is 1. The summed E-state index contributed by atoms with van der Waals surface area (Å²) in [5, 5.41) is 2.79. The molecule has 3 N–H and O–H groups in total. The van der Waals surface area contributed by atoms with Crippen molar-refractivity contribution in [3.8, 4) is 0 Å². The highest BCUT2D eigenvalue weighted by atomic mass is 35.5. The zero-order chi connectivity index (χ0) is 15.4. The Morgan fingerprint density at radius 3 is 2.29 bits per heavy atom. The number of hydrogen-bond acceptors (Lipinski definition) is 3. The molecule has 0 radical (unpaired) electrons. The molecule has 1 aromatic carbocycles. The van der Waals surface area contributed by atoms with Gasteiger partial charge in [-0.25, -0.2) is 0 Å². The van der Waals surface area contributed by atoms with E-state index in [4.69, 9.17) is 5.73 Å². The molecule has 0 saturated heterocycles. The second-order valence-corrected chi connectivity index (χ2v) is 5.37. The second-order valence-electron chi connectivity index (χ2n) is 5.37. The molecule has 0 aliphatic carbocycles. The first-order valence-corrected chi connectivity index (χ1v) is 6.62. The lowest BCUT2D eigenvalue weighted by atomic mass is 10.0. The van der Waals surface area contributed by atoms with Crippen LogP contribution >= 0.6 is 12.4 Å². The number of carbonyl (C=O) groups excluding carboxylic acids is 2. The highest BCUT2D eigenvalue weighted by molar-refractivity contribution is 5.98. The molecule has 2 atom stereocenters. The van der Waals surface area contributed by atoms with Crippen molar-refractivity contribution >= 4 is 29.9 Å². The van der Waals surface area contributed by atoms with Crippen molar-refractivity contribution in [1.29, 1.82) is 0 Å². The van der Waals surface area contributed by atoms with Gasteiger partial charge in [0, 0.05) is 31.4 Å². The molecule has 0 heterocycles. The van der Waals surface area contributed by atoms with E-state index in [1.165, 1.54) is 4.90 Å². The molecule has 0 aliphatic rings. The third kappa shape index (κ3) is 5.02. The van der Waals surface area contributed by atoms with E-state index in [0.29, 0.717) is 11.3 Å². The van der Waals surface area contributed by atoms with E-state index in [0.717, 1.165) is 5.56 Å². The standard InChI is InChI=1S/C15H23N3O2.ClH/c1-9-6-7-12(8-13(9)15(20)18(4)5)17-14(19)10(2)11(3)16;/h6-8,10-11H,16H2,1-5H3,(H,17,19);1H. The van der Waals surface area contributed by atoms with Crippen LogP contribution in [0.2, 0.25) is 0 Å². The first-order chi connectivity index (χ1) is 9.23. The summed E-state index contributed by atoms with van der Waals surface area (Å²) >= 11 is 0. The Bertz CT molecular complexity index is 516. The number of nitrogens with one attached hydrogen (secondary N) is 1. The average molecular weight is 314 g/mol. The lowest BCUT2D eigenvalue weighted by Gasteiger charge is -2.17. The van der Waals surface area contributed by atoms with E-state index >= 15 is 0 Å². The summed E-state index contributed by atoms with van der Waals surface area (Å²) < 4.78 is 0. The third-order valence-electron chi connectivity index (χ3n) is 3.34. The molecule has 5 nitrogen and oxygen atoms in total. The van der Waals surface area contributed by atoms with Gasteiger partial charge >= 0.3 is 0 Å². The Hall–Kier alpha value is -1.59. The molecule has 2 amide bonds. The van der Waals surface area contributed by atoms with Crippen LogP contribution in [0.1, 0.15) is 29.8 Å². The van der Waals surface area contributed by atoms with Gasteiger partial charge in [-0.3, -0.25) is 9.59 Å². The van der Waals surface area contributed by atoms with Crippen molar-refractivity contribution in [2.45, 2.75) is 26.8 Å². The highest BCUT2D eigenvalue weighted by Gasteiger charge is 2.18. The van der Waals surface area contributed by atoms with Crippen molar-refractivity contribution < 1.29 is 9.59 Å². The van der Waals surface area contributed by atoms with E-state index < -0.39 is 0 Å². The Morgan fingerprint density at radius 1 is 1.24 bits per heavy atom. The number of amides is 2. The van der Waals surface area contributed by atoms with Crippen molar-refractivity contribution in [1.82, 2.24) is 4.90 Å². The molecule has 21 heavy (non-hydrogen) atoms. The van der Waals surface area contributed by atoms with E-state index in [2.05, 4.69) is 5.32 Å². The number of carbonyl (C=O) groups is 2. The van der Waals surface area contributed by atoms with Gasteiger partial charge in [0.25, 0.3) is 5.91 Å². The summed E-state index contributed by atoms with van der Waals surface area (Å²) in [6.45, 7) is 5.44. The molecule has 118 valence electrons. The smallest absolute Gasteiger partial charge is 0.253 e. The SMILES string of the molecule is Cc1ccc(NC(=O)C(C)C(C)N)cc1C(=O)N(C)C.Cl. The minimum absolute atomic E-state index is 0. The molecule has 6 heteroatoms. The quantitative estimate of drug-likeness (QED) is 0.893. The average Bonchev–Trinajstić information content (AvgIpc) is 2.38. The van der Waals surface area contributed by atoms with Gasteiger partial charge in [-0.1, -0.05) is 13.0 Å². The molecular weight excluding hydrogens is 290 g/mol. The van der Waals surface area contributed by atoms with Crippen LogP contribution in [0.5, 0.6) is 0 Å². The van der Waals surface area contributed by atoms with Crippen LogP contribution in [0.3, 0.4) is 0 Å². The fourth-order valence-electron chi connectivity index (χ4n) is 1.67. The summed E-state index contributed by atoms with van der Waals surface area (Å²) in [4.78, 5) is 25.5. The van der Waals surface area contributed by atoms with Crippen LogP contribution in [0.25, 0.3) is 0 Å². The summed E-state index contributed by atoms with van der Waals surface area (Å²) in [5.74, 6) is -0.518. The van der Waals surface area contributed by atoms with Crippen LogP contribution < -0.4 is 11.1 Å². The molecule has 0 spiro atoms. The van der Waals surface area contributed by atoms with Crippen LogP contribution in [0.4, 0.5) is 5.69 Å². The molecule has 0 fully saturated rings. The number of rotatable bonds is 4. The maximum Gasteiger partial charge on any atom is 0.253 e. The number of aryl methyl sites for hydroxylation is 1. The Kier molecular flexibility index (Phi) is 7.39. The molecule has 0 aliphatic heterocycles. The zero-order valence-corrected chi connectivity index (χ0v) is 14.0. The van der Waals surface area contributed by atoms with Gasteiger partial charge < -0.3 is 16.0 Å². The maximum absolute atomic E-state index is 12.0. The van der Waals surface area contributed by atoms with Crippen molar-refractivity contribution in [2.24, 2.45) is 11.7 Å². The number of nitrogens with zero attached hydrogens (tertiary/aromatic N) is 1. The predicted octanol–water partition coefficient (Wildman–Crippen LogP) is 2.04. The second kappa shape index (κ2) is 8.00. The molecule has 1 aromatic rings. The zero-order valence-electron chi connectivity index (χ0n) is 13.1. The lowest BCUT2D eigenvalue weighted by molar-refractivity contribution is -0.119. The van der Waals surface area contributed by atoms with Gasteiger partial charge in [0.2, 0.25) is 5.91 Å². The molecule has 1 rings (SSSR count). The van der Waals surface area contributed by atoms with E-state index in [1.54, 1.807) is 40.1 Å². The molecule has 0 saturated carbocycles. The van der Waals surface area contributed by atoms with Gasteiger partial charge in [-0.2, -0.15) is 0 Å². The van der Waals surface area contributed by atoms with Gasteiger partial charge in [0.15, 0.2) is 0 Å².